The number of benzene rings is 1. The molecule has 1 aromatic heterocycles. The molecule has 0 unspecified atom stereocenters. The molecular weight excluding hydrogens is 475 g/mol. The molecule has 1 fully saturated rings. The Balaban J connectivity index is 1.76. The van der Waals surface area contributed by atoms with Crippen molar-refractivity contribution < 1.29 is 27.5 Å². The first-order valence-corrected chi connectivity index (χ1v) is 12.1. The van der Waals surface area contributed by atoms with Crippen LogP contribution in [0.4, 0.5) is 30.6 Å². The van der Waals surface area contributed by atoms with Gasteiger partial charge in [0, 0.05) is 24.0 Å². The highest BCUT2D eigenvalue weighted by Gasteiger charge is 2.38. The average molecular weight is 508 g/mol. The Morgan fingerprint density at radius 3 is 2.53 bits per heavy atom. The number of halogens is 3. The number of ether oxygens (including phenoxy) is 1. The molecule has 1 heterocycles. The van der Waals surface area contributed by atoms with Crippen LogP contribution in [0.25, 0.3) is 0 Å². The summed E-state index contributed by atoms with van der Waals surface area (Å²) in [6.07, 6.45) is -0.413. The minimum absolute atomic E-state index is 0.0510. The summed E-state index contributed by atoms with van der Waals surface area (Å²) in [5.74, 6) is -1.52. The van der Waals surface area contributed by atoms with E-state index in [1.54, 1.807) is 24.3 Å². The second-order valence-corrected chi connectivity index (χ2v) is 9.10. The second-order valence-electron chi connectivity index (χ2n) is 9.10. The van der Waals surface area contributed by atoms with Crippen LogP contribution in [0.3, 0.4) is 0 Å². The third-order valence-electron chi connectivity index (χ3n) is 5.81. The van der Waals surface area contributed by atoms with Crippen molar-refractivity contribution in [2.75, 3.05) is 17.2 Å². The van der Waals surface area contributed by atoms with Crippen LogP contribution in [0.1, 0.15) is 68.8 Å². The summed E-state index contributed by atoms with van der Waals surface area (Å²) in [5.41, 5.74) is -0.159. The van der Waals surface area contributed by atoms with Crippen LogP contribution in [0.15, 0.2) is 30.5 Å². The molecule has 0 aliphatic heterocycles. The average Bonchev–Trinajstić information content (AvgIpc) is 3.27. The van der Waals surface area contributed by atoms with E-state index < -0.39 is 29.7 Å². The summed E-state index contributed by atoms with van der Waals surface area (Å²) in [4.78, 5) is 32.5. The molecule has 196 valence electrons. The number of aromatic nitrogens is 2. The first-order valence-electron chi connectivity index (χ1n) is 12.1. The lowest BCUT2D eigenvalue weighted by Gasteiger charge is -2.24. The highest BCUT2D eigenvalue weighted by molar-refractivity contribution is 5.89. The number of carbonyl (C=O) groups excluding carboxylic acids is 2. The van der Waals surface area contributed by atoms with Gasteiger partial charge in [0.2, 0.25) is 11.9 Å². The Bertz CT molecular complexity index is 1040. The molecule has 2 aromatic rings. The molecule has 3 rings (SSSR count). The van der Waals surface area contributed by atoms with E-state index in [9.17, 15) is 22.8 Å². The van der Waals surface area contributed by atoms with E-state index >= 15 is 0 Å². The molecule has 3 N–H and O–H groups in total. The first-order chi connectivity index (χ1) is 17.1. The van der Waals surface area contributed by atoms with E-state index in [1.165, 1.54) is 0 Å². The number of alkyl halides is 3. The molecule has 0 spiro atoms. The smallest absolute Gasteiger partial charge is 0.421 e. The molecule has 2 atom stereocenters. The summed E-state index contributed by atoms with van der Waals surface area (Å²) in [5, 5.41) is 8.56. The topological polar surface area (TPSA) is 105 Å². The van der Waals surface area contributed by atoms with Gasteiger partial charge in [-0.25, -0.2) is 9.78 Å². The molecule has 36 heavy (non-hydrogen) atoms. The van der Waals surface area contributed by atoms with E-state index in [0.717, 1.165) is 25.5 Å². The summed E-state index contributed by atoms with van der Waals surface area (Å²) < 4.78 is 46.2. The van der Waals surface area contributed by atoms with Crippen molar-refractivity contribution in [3.8, 4) is 0 Å². The lowest BCUT2D eigenvalue weighted by atomic mass is 10.0. The molecule has 1 aliphatic rings. The summed E-state index contributed by atoms with van der Waals surface area (Å²) >= 11 is 0. The zero-order valence-corrected chi connectivity index (χ0v) is 20.6. The maximum absolute atomic E-state index is 13.7. The largest absolute Gasteiger partial charge is 0.462 e. The predicted octanol–water partition coefficient (Wildman–Crippen LogP) is 5.30. The molecular formula is C25H32F3N5O3. The van der Waals surface area contributed by atoms with Gasteiger partial charge >= 0.3 is 12.1 Å². The number of carbonyl (C=O) groups is 2. The Kier molecular flexibility index (Phi) is 9.11. The standard InChI is InChI=1S/C25H32F3N5O3/c1-4-5-13-36-23(35)16-9-11-17(12-10-16)31-24-29-14-19(25(26,27)28)21(33-24)32-20-8-6-7-18(20)22(34)30-15(2)3/h9-12,14-15,18,20H,4-8,13H2,1-3H3,(H,30,34)(H2,29,31,32,33)/t18-,20+/m0/s1. The van der Waals surface area contributed by atoms with Gasteiger partial charge in [0.05, 0.1) is 18.1 Å². The van der Waals surface area contributed by atoms with Crippen molar-refractivity contribution in [1.29, 1.82) is 0 Å². The fourth-order valence-electron chi connectivity index (χ4n) is 3.98. The Labute approximate surface area is 208 Å². The molecule has 11 heteroatoms. The van der Waals surface area contributed by atoms with Gasteiger partial charge in [-0.2, -0.15) is 18.2 Å². The third kappa shape index (κ3) is 7.32. The number of amides is 1. The third-order valence-corrected chi connectivity index (χ3v) is 5.81. The van der Waals surface area contributed by atoms with Gasteiger partial charge in [-0.15, -0.1) is 0 Å². The van der Waals surface area contributed by atoms with E-state index in [2.05, 4.69) is 25.9 Å². The Morgan fingerprint density at radius 1 is 1.17 bits per heavy atom. The van der Waals surface area contributed by atoms with Crippen molar-refractivity contribution in [2.45, 2.75) is 71.1 Å². The highest BCUT2D eigenvalue weighted by atomic mass is 19.4. The van der Waals surface area contributed by atoms with Crippen molar-refractivity contribution in [3.05, 3.63) is 41.6 Å². The minimum Gasteiger partial charge on any atom is -0.462 e. The van der Waals surface area contributed by atoms with Crippen LogP contribution in [0.5, 0.6) is 0 Å². The fourth-order valence-corrected chi connectivity index (χ4v) is 3.98. The number of nitrogens with zero attached hydrogens (tertiary/aromatic N) is 2. The Morgan fingerprint density at radius 2 is 1.89 bits per heavy atom. The minimum atomic E-state index is -4.67. The SMILES string of the molecule is CCCCOC(=O)c1ccc(Nc2ncc(C(F)(F)F)c(N[C@@H]3CCC[C@@H]3C(=O)NC(C)C)n2)cc1. The van der Waals surface area contributed by atoms with Gasteiger partial charge in [-0.3, -0.25) is 4.79 Å². The molecule has 1 aliphatic carbocycles. The number of hydrogen-bond acceptors (Lipinski definition) is 7. The zero-order valence-electron chi connectivity index (χ0n) is 20.6. The van der Waals surface area contributed by atoms with Crippen LogP contribution in [0.2, 0.25) is 0 Å². The number of nitrogens with one attached hydrogen (secondary N) is 3. The number of anilines is 3. The quantitative estimate of drug-likeness (QED) is 0.296. The van der Waals surface area contributed by atoms with Gasteiger partial charge < -0.3 is 20.7 Å². The molecule has 0 bridgehead atoms. The highest BCUT2D eigenvalue weighted by Crippen LogP contribution is 2.36. The van der Waals surface area contributed by atoms with Crippen molar-refractivity contribution in [2.24, 2.45) is 5.92 Å². The monoisotopic (exact) mass is 507 g/mol. The molecule has 8 nitrogen and oxygen atoms in total. The van der Waals surface area contributed by atoms with E-state index in [-0.39, 0.29) is 23.7 Å². The number of esters is 1. The number of rotatable bonds is 10. The van der Waals surface area contributed by atoms with Gasteiger partial charge in [0.1, 0.15) is 11.4 Å². The maximum atomic E-state index is 13.7. The lowest BCUT2D eigenvalue weighted by Crippen LogP contribution is -2.41. The summed E-state index contributed by atoms with van der Waals surface area (Å²) in [6, 6.07) is 5.74. The van der Waals surface area contributed by atoms with Crippen LogP contribution < -0.4 is 16.0 Å². The van der Waals surface area contributed by atoms with Crippen molar-refractivity contribution >= 4 is 29.3 Å². The van der Waals surface area contributed by atoms with Gasteiger partial charge in [0.25, 0.3) is 0 Å². The zero-order chi connectivity index (χ0) is 26.3. The van der Waals surface area contributed by atoms with Gasteiger partial charge in [-0.05, 0) is 57.4 Å². The lowest BCUT2D eigenvalue weighted by molar-refractivity contribution is -0.137. The van der Waals surface area contributed by atoms with Crippen molar-refractivity contribution in [3.63, 3.8) is 0 Å². The maximum Gasteiger partial charge on any atom is 0.421 e. The Hall–Kier alpha value is -3.37. The van der Waals surface area contributed by atoms with Crippen LogP contribution >= 0.6 is 0 Å². The predicted molar refractivity (Wildman–Crippen MR) is 130 cm³/mol. The number of hydrogen-bond donors (Lipinski definition) is 3. The number of unbranched alkanes of at least 4 members (excludes halogenated alkanes) is 1. The normalized spacial score (nSPS) is 17.6. The molecule has 0 radical (unpaired) electrons. The second kappa shape index (κ2) is 12.0. The fraction of sp³-hybridized carbons (Fsp3) is 0.520. The van der Waals surface area contributed by atoms with Crippen LogP contribution in [-0.4, -0.2) is 40.5 Å². The van der Waals surface area contributed by atoms with E-state index in [1.807, 2.05) is 20.8 Å². The molecule has 1 amide bonds. The van der Waals surface area contributed by atoms with Crippen LogP contribution in [-0.2, 0) is 15.7 Å². The van der Waals surface area contributed by atoms with Gasteiger partial charge in [-0.1, -0.05) is 19.8 Å². The van der Waals surface area contributed by atoms with Crippen LogP contribution in [0, 0.1) is 5.92 Å². The summed E-state index contributed by atoms with van der Waals surface area (Å²) in [7, 11) is 0. The van der Waals surface area contributed by atoms with Crippen molar-refractivity contribution in [1.82, 2.24) is 15.3 Å². The molecule has 1 aromatic carbocycles. The van der Waals surface area contributed by atoms with E-state index in [4.69, 9.17) is 4.74 Å². The summed E-state index contributed by atoms with van der Waals surface area (Å²) in [6.45, 7) is 6.00. The molecule has 1 saturated carbocycles. The van der Waals surface area contributed by atoms with E-state index in [0.29, 0.717) is 30.7 Å². The van der Waals surface area contributed by atoms with Gasteiger partial charge in [0.15, 0.2) is 0 Å². The first kappa shape index (κ1) is 27.2. The molecule has 0 saturated heterocycles.